The monoisotopic (exact) mass is 260 g/mol. The van der Waals surface area contributed by atoms with Crippen molar-refractivity contribution in [3.05, 3.63) is 0 Å². The Morgan fingerprint density at radius 2 is 2.00 bits per heavy atom. The number of carbonyl (C=O) groups excluding carboxylic acids is 2. The zero-order valence-electron chi connectivity index (χ0n) is 9.40. The molecule has 0 aliphatic heterocycles. The first-order chi connectivity index (χ1) is 7.96. The minimum Gasteiger partial charge on any atom is -0.480 e. The number of carboxylic acids is 1. The maximum Gasteiger partial charge on any atom is 0.329 e. The van der Waals surface area contributed by atoms with Gasteiger partial charge in [-0.25, -0.2) is 4.79 Å². The van der Waals surface area contributed by atoms with Crippen molar-refractivity contribution in [2.75, 3.05) is 11.5 Å². The molecule has 96 valence electrons. The summed E-state index contributed by atoms with van der Waals surface area (Å²) < 4.78 is 0. The highest BCUT2D eigenvalue weighted by Gasteiger charge is 2.45. The third kappa shape index (κ3) is 3.92. The van der Waals surface area contributed by atoms with E-state index in [2.05, 4.69) is 5.32 Å². The molecule has 0 saturated heterocycles. The van der Waals surface area contributed by atoms with Crippen LogP contribution in [0.3, 0.4) is 0 Å². The van der Waals surface area contributed by atoms with Crippen molar-refractivity contribution in [2.45, 2.75) is 31.2 Å². The van der Waals surface area contributed by atoms with E-state index in [9.17, 15) is 14.4 Å². The lowest BCUT2D eigenvalue weighted by atomic mass is 9.76. The highest BCUT2D eigenvalue weighted by molar-refractivity contribution is 7.99. The van der Waals surface area contributed by atoms with Gasteiger partial charge in [0.25, 0.3) is 0 Å². The maximum atomic E-state index is 11.5. The number of thioether (sulfide) groups is 1. The van der Waals surface area contributed by atoms with Crippen LogP contribution in [0.5, 0.6) is 0 Å². The van der Waals surface area contributed by atoms with Gasteiger partial charge in [-0.15, -0.1) is 0 Å². The van der Waals surface area contributed by atoms with E-state index in [-0.39, 0.29) is 18.1 Å². The van der Waals surface area contributed by atoms with Crippen LogP contribution in [0.1, 0.15) is 25.7 Å². The first-order valence-electron chi connectivity index (χ1n) is 5.37. The van der Waals surface area contributed by atoms with E-state index in [1.807, 2.05) is 0 Å². The number of aliphatic carboxylic acids is 1. The second-order valence-corrected chi connectivity index (χ2v) is 5.16. The van der Waals surface area contributed by atoms with Crippen LogP contribution in [0.25, 0.3) is 0 Å². The fourth-order valence-corrected chi connectivity index (χ4v) is 2.26. The Labute approximate surface area is 103 Å². The molecule has 0 spiro atoms. The van der Waals surface area contributed by atoms with Crippen LogP contribution >= 0.6 is 11.8 Å². The normalized spacial score (nSPS) is 16.9. The molecule has 1 aliphatic rings. The number of rotatable bonds is 7. The van der Waals surface area contributed by atoms with Gasteiger partial charge in [-0.3, -0.25) is 9.59 Å². The van der Waals surface area contributed by atoms with E-state index in [1.54, 1.807) is 0 Å². The first kappa shape index (κ1) is 13.8. The van der Waals surface area contributed by atoms with Crippen molar-refractivity contribution < 1.29 is 19.5 Å². The molecule has 17 heavy (non-hydrogen) atoms. The van der Waals surface area contributed by atoms with Gasteiger partial charge in [0.1, 0.15) is 5.54 Å². The largest absolute Gasteiger partial charge is 0.480 e. The minimum atomic E-state index is -1.05. The predicted molar refractivity (Wildman–Crippen MR) is 63.5 cm³/mol. The fraction of sp³-hybridized carbons (Fsp3) is 0.700. The molecule has 1 saturated carbocycles. The molecular weight excluding hydrogens is 244 g/mol. The van der Waals surface area contributed by atoms with E-state index < -0.39 is 17.4 Å². The highest BCUT2D eigenvalue weighted by atomic mass is 32.2. The van der Waals surface area contributed by atoms with Crippen molar-refractivity contribution in [1.82, 2.24) is 5.32 Å². The summed E-state index contributed by atoms with van der Waals surface area (Å²) in [6.07, 6.45) is 2.00. The van der Waals surface area contributed by atoms with Gasteiger partial charge in [0, 0.05) is 12.2 Å². The van der Waals surface area contributed by atoms with E-state index in [0.29, 0.717) is 18.6 Å². The van der Waals surface area contributed by atoms with E-state index in [0.717, 1.165) is 6.42 Å². The number of carboxylic acid groups (broad SMARTS) is 1. The lowest BCUT2D eigenvalue weighted by Gasteiger charge is -2.38. The van der Waals surface area contributed by atoms with Crippen LogP contribution in [0.2, 0.25) is 0 Å². The fourth-order valence-electron chi connectivity index (χ4n) is 1.59. The highest BCUT2D eigenvalue weighted by Crippen LogP contribution is 2.32. The summed E-state index contributed by atoms with van der Waals surface area (Å²) in [6, 6.07) is 0. The van der Waals surface area contributed by atoms with Gasteiger partial charge < -0.3 is 16.2 Å². The van der Waals surface area contributed by atoms with Gasteiger partial charge >= 0.3 is 5.97 Å². The smallest absolute Gasteiger partial charge is 0.329 e. The molecule has 7 heteroatoms. The number of nitrogens with two attached hydrogens (primary N) is 1. The Balaban J connectivity index is 2.25. The van der Waals surface area contributed by atoms with Crippen LogP contribution < -0.4 is 11.1 Å². The second-order valence-electron chi connectivity index (χ2n) is 4.06. The molecule has 1 fully saturated rings. The first-order valence-corrected chi connectivity index (χ1v) is 6.52. The SMILES string of the molecule is NC(=O)CSCCC(=O)NC1(C(=O)O)CCC1. The molecule has 2 amide bonds. The molecule has 0 aromatic rings. The van der Waals surface area contributed by atoms with Crippen LogP contribution in [0.15, 0.2) is 0 Å². The van der Waals surface area contributed by atoms with Gasteiger partial charge in [-0.05, 0) is 19.3 Å². The average molecular weight is 260 g/mol. The topological polar surface area (TPSA) is 109 Å². The van der Waals surface area contributed by atoms with E-state index >= 15 is 0 Å². The number of carbonyl (C=O) groups is 3. The van der Waals surface area contributed by atoms with Crippen LogP contribution in [-0.4, -0.2) is 39.9 Å². The summed E-state index contributed by atoms with van der Waals surface area (Å²) >= 11 is 1.27. The summed E-state index contributed by atoms with van der Waals surface area (Å²) in [4.78, 5) is 32.9. The second kappa shape index (κ2) is 5.90. The molecule has 0 atom stereocenters. The summed E-state index contributed by atoms with van der Waals surface area (Å²) in [5.41, 5.74) is 3.89. The molecule has 0 radical (unpaired) electrons. The number of amides is 2. The molecule has 6 nitrogen and oxygen atoms in total. The Morgan fingerprint density at radius 3 is 2.41 bits per heavy atom. The van der Waals surface area contributed by atoms with Crippen molar-refractivity contribution in [2.24, 2.45) is 5.73 Å². The molecule has 1 rings (SSSR count). The summed E-state index contributed by atoms with van der Waals surface area (Å²) in [6.45, 7) is 0. The predicted octanol–water partition coefficient (Wildman–Crippen LogP) is -0.281. The van der Waals surface area contributed by atoms with Crippen molar-refractivity contribution >= 4 is 29.5 Å². The summed E-state index contributed by atoms with van der Waals surface area (Å²) in [7, 11) is 0. The zero-order chi connectivity index (χ0) is 12.9. The van der Waals surface area contributed by atoms with Gasteiger partial charge in [-0.1, -0.05) is 0 Å². The molecule has 0 aromatic carbocycles. The lowest BCUT2D eigenvalue weighted by Crippen LogP contribution is -2.59. The lowest BCUT2D eigenvalue weighted by molar-refractivity contribution is -0.151. The third-order valence-corrected chi connectivity index (χ3v) is 3.69. The molecular formula is C10H16N2O4S. The Hall–Kier alpha value is -1.24. The Morgan fingerprint density at radius 1 is 1.35 bits per heavy atom. The molecule has 1 aliphatic carbocycles. The Bertz CT molecular complexity index is 328. The van der Waals surface area contributed by atoms with E-state index in [4.69, 9.17) is 10.8 Å². The van der Waals surface area contributed by atoms with Gasteiger partial charge in [-0.2, -0.15) is 11.8 Å². The summed E-state index contributed by atoms with van der Waals surface area (Å²) in [5, 5.41) is 11.5. The summed E-state index contributed by atoms with van der Waals surface area (Å²) in [5.74, 6) is -1.04. The number of nitrogens with one attached hydrogen (secondary N) is 1. The molecule has 0 bridgehead atoms. The maximum absolute atomic E-state index is 11.5. The zero-order valence-corrected chi connectivity index (χ0v) is 10.2. The number of hydrogen-bond acceptors (Lipinski definition) is 4. The van der Waals surface area contributed by atoms with Crippen LogP contribution in [0.4, 0.5) is 0 Å². The molecule has 0 aromatic heterocycles. The molecule has 0 heterocycles. The van der Waals surface area contributed by atoms with Crippen LogP contribution in [0, 0.1) is 0 Å². The van der Waals surface area contributed by atoms with Crippen molar-refractivity contribution in [1.29, 1.82) is 0 Å². The molecule has 4 N–H and O–H groups in total. The van der Waals surface area contributed by atoms with Gasteiger partial charge in [0.05, 0.1) is 5.75 Å². The minimum absolute atomic E-state index is 0.178. The van der Waals surface area contributed by atoms with Gasteiger partial charge in [0.15, 0.2) is 0 Å². The van der Waals surface area contributed by atoms with E-state index in [1.165, 1.54) is 11.8 Å². The van der Waals surface area contributed by atoms with Crippen LogP contribution in [-0.2, 0) is 14.4 Å². The average Bonchev–Trinajstić information content (AvgIpc) is 2.17. The quantitative estimate of drug-likeness (QED) is 0.545. The standard InChI is InChI=1S/C10H16N2O4S/c11-7(13)6-17-5-2-8(14)12-10(9(15)16)3-1-4-10/h1-6H2,(H2,11,13)(H,12,14)(H,15,16). The van der Waals surface area contributed by atoms with Crippen molar-refractivity contribution in [3.63, 3.8) is 0 Å². The van der Waals surface area contributed by atoms with Gasteiger partial charge in [0.2, 0.25) is 11.8 Å². The number of primary amides is 1. The Kier molecular flexibility index (Phi) is 4.80. The third-order valence-electron chi connectivity index (χ3n) is 2.71. The number of hydrogen-bond donors (Lipinski definition) is 3. The van der Waals surface area contributed by atoms with Crippen molar-refractivity contribution in [3.8, 4) is 0 Å². The molecule has 0 unspecified atom stereocenters.